The van der Waals surface area contributed by atoms with Crippen LogP contribution < -0.4 is 5.48 Å². The van der Waals surface area contributed by atoms with Gasteiger partial charge in [0.2, 0.25) is 0 Å². The Bertz CT molecular complexity index is 502. The predicted molar refractivity (Wildman–Crippen MR) is 69.1 cm³/mol. The normalized spacial score (nSPS) is 18.2. The van der Waals surface area contributed by atoms with Crippen molar-refractivity contribution in [2.45, 2.75) is 12.5 Å². The zero-order valence-electron chi connectivity index (χ0n) is 9.57. The van der Waals surface area contributed by atoms with Crippen molar-refractivity contribution in [1.82, 2.24) is 5.48 Å². The van der Waals surface area contributed by atoms with E-state index in [0.717, 1.165) is 11.3 Å². The van der Waals surface area contributed by atoms with E-state index in [-0.39, 0.29) is 18.5 Å². The average Bonchev–Trinajstić information content (AvgIpc) is 2.81. The molecule has 0 aromatic heterocycles. The van der Waals surface area contributed by atoms with Crippen molar-refractivity contribution in [1.29, 1.82) is 0 Å². The van der Waals surface area contributed by atoms with Gasteiger partial charge in [-0.1, -0.05) is 29.3 Å². The summed E-state index contributed by atoms with van der Waals surface area (Å²) in [6.07, 6.45) is 1.62. The number of ether oxygens (including phenoxy) is 1. The van der Waals surface area contributed by atoms with Gasteiger partial charge in [-0.05, 0) is 18.2 Å². The molecular weight excluding hydrogens is 277 g/mol. The van der Waals surface area contributed by atoms with Gasteiger partial charge in [0.1, 0.15) is 6.10 Å². The minimum absolute atomic E-state index is 0.161. The molecule has 6 heteroatoms. The molecule has 0 saturated heterocycles. The third-order valence-electron chi connectivity index (χ3n) is 2.50. The molecule has 1 heterocycles. The van der Waals surface area contributed by atoms with E-state index in [1.54, 1.807) is 18.2 Å². The van der Waals surface area contributed by atoms with Crippen LogP contribution in [0.1, 0.15) is 12.0 Å². The summed E-state index contributed by atoms with van der Waals surface area (Å²) in [4.78, 5) is 16.4. The maximum atomic E-state index is 11.1. The maximum Gasteiger partial charge on any atom is 0.308 e. The number of hydroxylamine groups is 1. The quantitative estimate of drug-likeness (QED) is 0.869. The van der Waals surface area contributed by atoms with Gasteiger partial charge in [0, 0.05) is 5.56 Å². The second-order valence-electron chi connectivity index (χ2n) is 3.75. The lowest BCUT2D eigenvalue weighted by Gasteiger charge is -2.06. The molecule has 0 radical (unpaired) electrons. The van der Waals surface area contributed by atoms with E-state index >= 15 is 0 Å². The van der Waals surface area contributed by atoms with E-state index in [1.165, 1.54) is 7.11 Å². The Morgan fingerprint density at radius 3 is 2.89 bits per heavy atom. The second-order valence-corrected chi connectivity index (χ2v) is 4.56. The van der Waals surface area contributed by atoms with Crippen LogP contribution in [0, 0.1) is 0 Å². The molecule has 1 aliphatic heterocycles. The summed E-state index contributed by atoms with van der Waals surface area (Å²) in [5.41, 5.74) is 4.35. The molecule has 1 aromatic carbocycles. The average molecular weight is 288 g/mol. The van der Waals surface area contributed by atoms with Crippen LogP contribution in [-0.4, -0.2) is 19.2 Å². The first kappa shape index (κ1) is 13.2. The number of hydrogen-bond donors (Lipinski definition) is 1. The van der Waals surface area contributed by atoms with Crippen LogP contribution >= 0.6 is 23.2 Å². The number of halogens is 2. The van der Waals surface area contributed by atoms with Crippen LogP contribution in [-0.2, 0) is 14.4 Å². The fraction of sp³-hybridized carbons (Fsp3) is 0.250. The lowest BCUT2D eigenvalue weighted by Crippen LogP contribution is -2.16. The van der Waals surface area contributed by atoms with Gasteiger partial charge in [-0.3, -0.25) is 15.1 Å². The van der Waals surface area contributed by atoms with Crippen molar-refractivity contribution in [3.8, 4) is 0 Å². The zero-order valence-corrected chi connectivity index (χ0v) is 11.1. The number of nitrogens with one attached hydrogen (secondary N) is 1. The summed E-state index contributed by atoms with van der Waals surface area (Å²) in [5, 5.41) is 0.958. The molecular formula is C12H11Cl2NO3. The Hall–Kier alpha value is -1.23. The Balaban J connectivity index is 2.12. The fourth-order valence-corrected chi connectivity index (χ4v) is 1.86. The van der Waals surface area contributed by atoms with Gasteiger partial charge in [0.05, 0.1) is 29.3 Å². The van der Waals surface area contributed by atoms with Crippen LogP contribution in [0.15, 0.2) is 24.3 Å². The van der Waals surface area contributed by atoms with E-state index in [9.17, 15) is 4.79 Å². The van der Waals surface area contributed by atoms with E-state index in [2.05, 4.69) is 10.2 Å². The van der Waals surface area contributed by atoms with Crippen LogP contribution in [0.3, 0.4) is 0 Å². The molecule has 96 valence electrons. The standard InChI is InChI=1S/C12H11Cl2NO3/c1-17-12(16)6-8-5-11(15-18-8)7-2-3-9(13)10(14)4-7/h2-5,8,15H,6H2,1H3. The van der Waals surface area contributed by atoms with Crippen molar-refractivity contribution in [2.24, 2.45) is 0 Å². The molecule has 1 unspecified atom stereocenters. The smallest absolute Gasteiger partial charge is 0.308 e. The van der Waals surface area contributed by atoms with Crippen molar-refractivity contribution in [3.05, 3.63) is 39.9 Å². The van der Waals surface area contributed by atoms with Gasteiger partial charge in [-0.15, -0.1) is 0 Å². The highest BCUT2D eigenvalue weighted by Crippen LogP contribution is 2.27. The highest BCUT2D eigenvalue weighted by Gasteiger charge is 2.21. The van der Waals surface area contributed by atoms with Gasteiger partial charge < -0.3 is 4.74 Å². The molecule has 4 nitrogen and oxygen atoms in total. The fourth-order valence-electron chi connectivity index (χ4n) is 1.56. The highest BCUT2D eigenvalue weighted by atomic mass is 35.5. The van der Waals surface area contributed by atoms with E-state index in [4.69, 9.17) is 28.0 Å². The van der Waals surface area contributed by atoms with E-state index in [0.29, 0.717) is 10.0 Å². The summed E-state index contributed by atoms with van der Waals surface area (Å²) in [6.45, 7) is 0. The molecule has 0 saturated carbocycles. The number of carbonyl (C=O) groups is 1. The maximum absolute atomic E-state index is 11.1. The van der Waals surface area contributed by atoms with Crippen molar-refractivity contribution in [3.63, 3.8) is 0 Å². The molecule has 1 N–H and O–H groups in total. The van der Waals surface area contributed by atoms with Gasteiger partial charge in [-0.25, -0.2) is 0 Å². The van der Waals surface area contributed by atoms with Gasteiger partial charge in [0.15, 0.2) is 0 Å². The Morgan fingerprint density at radius 1 is 1.44 bits per heavy atom. The lowest BCUT2D eigenvalue weighted by atomic mass is 10.1. The number of methoxy groups -OCH3 is 1. The SMILES string of the molecule is COC(=O)CC1C=C(c2ccc(Cl)c(Cl)c2)NO1. The molecule has 0 amide bonds. The number of carbonyl (C=O) groups excluding carboxylic acids is 1. The number of rotatable bonds is 3. The summed E-state index contributed by atoms with van der Waals surface area (Å²) in [7, 11) is 1.34. The summed E-state index contributed by atoms with van der Waals surface area (Å²) in [5.74, 6) is -0.326. The minimum Gasteiger partial charge on any atom is -0.469 e. The molecule has 0 aliphatic carbocycles. The van der Waals surface area contributed by atoms with Gasteiger partial charge >= 0.3 is 5.97 Å². The largest absolute Gasteiger partial charge is 0.469 e. The van der Waals surface area contributed by atoms with Crippen LogP contribution in [0.2, 0.25) is 10.0 Å². The molecule has 1 atom stereocenters. The Kier molecular flexibility index (Phi) is 4.11. The molecule has 1 aliphatic rings. The first-order chi connectivity index (χ1) is 8.60. The highest BCUT2D eigenvalue weighted by molar-refractivity contribution is 6.42. The van der Waals surface area contributed by atoms with Crippen LogP contribution in [0.25, 0.3) is 5.70 Å². The number of hydrogen-bond acceptors (Lipinski definition) is 4. The van der Waals surface area contributed by atoms with Crippen molar-refractivity contribution < 1.29 is 14.4 Å². The van der Waals surface area contributed by atoms with Crippen LogP contribution in [0.4, 0.5) is 0 Å². The zero-order chi connectivity index (χ0) is 13.1. The monoisotopic (exact) mass is 287 g/mol. The van der Waals surface area contributed by atoms with Gasteiger partial charge in [0.25, 0.3) is 0 Å². The number of esters is 1. The third-order valence-corrected chi connectivity index (χ3v) is 3.24. The summed E-state index contributed by atoms with van der Waals surface area (Å²) in [6, 6.07) is 5.25. The lowest BCUT2D eigenvalue weighted by molar-refractivity contribution is -0.143. The topological polar surface area (TPSA) is 47.6 Å². The molecule has 0 spiro atoms. The molecule has 18 heavy (non-hydrogen) atoms. The van der Waals surface area contributed by atoms with E-state index in [1.807, 2.05) is 6.07 Å². The molecule has 0 fully saturated rings. The third kappa shape index (κ3) is 2.96. The Morgan fingerprint density at radius 2 is 2.22 bits per heavy atom. The molecule has 1 aromatic rings. The molecule has 0 bridgehead atoms. The van der Waals surface area contributed by atoms with E-state index < -0.39 is 0 Å². The first-order valence-electron chi connectivity index (χ1n) is 5.26. The van der Waals surface area contributed by atoms with Gasteiger partial charge in [-0.2, -0.15) is 0 Å². The second kappa shape index (κ2) is 5.61. The predicted octanol–water partition coefficient (Wildman–Crippen LogP) is 2.80. The summed E-state index contributed by atoms with van der Waals surface area (Å²) < 4.78 is 4.57. The first-order valence-corrected chi connectivity index (χ1v) is 6.01. The van der Waals surface area contributed by atoms with Crippen molar-refractivity contribution in [2.75, 3.05) is 7.11 Å². The Labute approximate surface area is 114 Å². The van der Waals surface area contributed by atoms with Crippen LogP contribution in [0.5, 0.6) is 0 Å². The minimum atomic E-state index is -0.345. The number of benzene rings is 1. The molecule has 2 rings (SSSR count). The van der Waals surface area contributed by atoms with Crippen molar-refractivity contribution >= 4 is 34.9 Å². The summed E-state index contributed by atoms with van der Waals surface area (Å²) >= 11 is 11.8.